The van der Waals surface area contributed by atoms with E-state index in [1.165, 1.54) is 154 Å². The van der Waals surface area contributed by atoms with Gasteiger partial charge in [-0.2, -0.15) is 12.8 Å². The van der Waals surface area contributed by atoms with Gasteiger partial charge >= 0.3 is 43.1 Å². The van der Waals surface area contributed by atoms with Gasteiger partial charge in [0.15, 0.2) is 0 Å². The van der Waals surface area contributed by atoms with Crippen LogP contribution in [0.5, 0.6) is 0 Å². The number of esters is 2. The Hall–Kier alpha value is -0.908. The van der Waals surface area contributed by atoms with Crippen LogP contribution in [-0.4, -0.2) is 68.5 Å². The summed E-state index contributed by atoms with van der Waals surface area (Å²) < 4.78 is 15.8. The third-order valence-corrected chi connectivity index (χ3v) is 10.5. The molecule has 380 valence electrons. The van der Waals surface area contributed by atoms with Crippen LogP contribution < -0.4 is 0 Å². The van der Waals surface area contributed by atoms with E-state index in [9.17, 15) is 19.2 Å². The van der Waals surface area contributed by atoms with Crippen molar-refractivity contribution in [2.45, 2.75) is 287 Å². The Morgan fingerprint density at radius 2 is 1.02 bits per heavy atom. The first-order valence-corrected chi connectivity index (χ1v) is 27.0. The first-order chi connectivity index (χ1) is 30.7. The van der Waals surface area contributed by atoms with E-state index in [2.05, 4.69) is 57.6 Å². The predicted molar refractivity (Wildman–Crippen MR) is 271 cm³/mol. The van der Waals surface area contributed by atoms with E-state index in [1.807, 2.05) is 20.8 Å². The van der Waals surface area contributed by atoms with Gasteiger partial charge in [-0.3, -0.25) is 20.7 Å². The second-order valence-electron chi connectivity index (χ2n) is 17.9. The van der Waals surface area contributed by atoms with Gasteiger partial charge < -0.3 is 30.3 Å². The summed E-state index contributed by atoms with van der Waals surface area (Å²) in [5.41, 5.74) is 0. The fourth-order valence-corrected chi connectivity index (χ4v) is 6.89. The van der Waals surface area contributed by atoms with Crippen molar-refractivity contribution < 1.29 is 64.5 Å². The SMILES string of the molecule is CC.CC(C)C.CCCCCCCCC(CCCCCCCC)OC(=O)CCCCCOC=O.CCCCCCCCCCCOC(=O)CCCCCN1C[CH-]CC1.CCC[C-]=O.[U+2]. The van der Waals surface area contributed by atoms with Gasteiger partial charge in [0.25, 0.3) is 6.47 Å². The molecule has 0 aromatic carbocycles. The van der Waals surface area contributed by atoms with Crippen LogP contribution in [0.1, 0.15) is 281 Å². The average Bonchev–Trinajstić information content (AvgIpc) is 3.80. The van der Waals surface area contributed by atoms with Gasteiger partial charge in [0.1, 0.15) is 6.10 Å². The average molecular weight is 1130 g/mol. The number of nitrogens with zero attached hydrogens (tertiary/aromatic N) is 1. The van der Waals surface area contributed by atoms with E-state index in [0.717, 1.165) is 70.3 Å². The molecule has 0 amide bonds. The molecule has 0 radical (unpaired) electrons. The number of carbonyl (C=O) groups excluding carboxylic acids is 4. The van der Waals surface area contributed by atoms with Gasteiger partial charge in [-0.05, 0) is 83.2 Å². The second-order valence-corrected chi connectivity index (χ2v) is 17.9. The standard InChI is InChI=1S/C24H46O4.C21H40NO2.C4H7O.C4H10.C2H6.U/c1-3-5-7-9-11-14-18-23(19-15-12-10-8-6-4-2)28-24(26)20-16-13-17-21-27-22-25;1-2-3-4-5-6-7-8-9-15-20-24-21(23)16-11-10-12-17-22-18-13-14-19-22;1-2-3-4-5;1-4(2)3;1-2;/h22-23H,3-21H2,1-2H3;13H,2-12,14-20H2,1H3;2-3H2,1H3;4H,1-3H3;1-2H3;/q;2*-1;;;+2. The molecular formula is C55H109NO7U. The van der Waals surface area contributed by atoms with E-state index in [0.29, 0.717) is 38.9 Å². The molecule has 1 fully saturated rings. The van der Waals surface area contributed by atoms with Crippen molar-refractivity contribution in [1.29, 1.82) is 0 Å². The normalized spacial score (nSPS) is 11.7. The largest absolute Gasteiger partial charge is 2.00 e. The minimum absolute atomic E-state index is 0. The zero-order chi connectivity index (χ0) is 47.7. The number of ether oxygens (including phenoxy) is 3. The van der Waals surface area contributed by atoms with Crippen LogP contribution in [0.4, 0.5) is 0 Å². The molecule has 0 atom stereocenters. The minimum Gasteiger partial charge on any atom is -0.542 e. The maximum atomic E-state index is 12.2. The summed E-state index contributed by atoms with van der Waals surface area (Å²) in [7, 11) is 0. The van der Waals surface area contributed by atoms with Crippen LogP contribution >= 0.6 is 0 Å². The van der Waals surface area contributed by atoms with Gasteiger partial charge in [-0.1, -0.05) is 191 Å². The van der Waals surface area contributed by atoms with E-state index < -0.39 is 0 Å². The maximum absolute atomic E-state index is 12.2. The molecule has 8 nitrogen and oxygen atoms in total. The molecule has 0 N–H and O–H groups in total. The summed E-state index contributed by atoms with van der Waals surface area (Å²) in [5, 5.41) is 0. The van der Waals surface area contributed by atoms with Crippen molar-refractivity contribution in [3.8, 4) is 0 Å². The Kier molecular flexibility index (Phi) is 74.7. The minimum atomic E-state index is -0.0572. The Balaban J connectivity index is -0.000000292. The zero-order valence-electron chi connectivity index (χ0n) is 44.2. The molecule has 0 spiro atoms. The number of hydrogen-bond acceptors (Lipinski definition) is 8. The summed E-state index contributed by atoms with van der Waals surface area (Å²) in [5.74, 6) is 0.780. The van der Waals surface area contributed by atoms with Crippen LogP contribution in [0.15, 0.2) is 0 Å². The topological polar surface area (TPSA) is 99.2 Å². The molecule has 1 saturated heterocycles. The number of carbonyl (C=O) groups is 3. The zero-order valence-corrected chi connectivity index (χ0v) is 48.4. The molecule has 1 aliphatic heterocycles. The van der Waals surface area contributed by atoms with Crippen LogP contribution in [0.2, 0.25) is 0 Å². The Morgan fingerprint density at radius 3 is 1.44 bits per heavy atom. The molecule has 9 heteroatoms. The van der Waals surface area contributed by atoms with Gasteiger partial charge in [0.05, 0.1) is 13.2 Å². The summed E-state index contributed by atoms with van der Waals surface area (Å²) >= 11 is 0. The molecule has 0 unspecified atom stereocenters. The number of likely N-dealkylation sites (tertiary alicyclic amines) is 1. The van der Waals surface area contributed by atoms with E-state index in [-0.39, 0.29) is 49.2 Å². The monoisotopic (exact) mass is 1130 g/mol. The van der Waals surface area contributed by atoms with Gasteiger partial charge in [-0.25, -0.2) is 0 Å². The van der Waals surface area contributed by atoms with E-state index in [4.69, 9.17) is 9.47 Å². The van der Waals surface area contributed by atoms with Crippen LogP contribution in [-0.2, 0) is 33.4 Å². The number of unbranched alkanes of at least 4 members (excludes halogenated alkanes) is 23. The van der Waals surface area contributed by atoms with Crippen molar-refractivity contribution in [3.05, 3.63) is 6.42 Å². The molecule has 1 aliphatic rings. The quantitative estimate of drug-likeness (QED) is 0.0197. The van der Waals surface area contributed by atoms with Gasteiger partial charge in [-0.15, -0.1) is 6.54 Å². The van der Waals surface area contributed by atoms with Crippen molar-refractivity contribution in [2.75, 3.05) is 32.8 Å². The van der Waals surface area contributed by atoms with Crippen molar-refractivity contribution in [2.24, 2.45) is 5.92 Å². The Morgan fingerprint density at radius 1 is 0.594 bits per heavy atom. The molecule has 0 bridgehead atoms. The van der Waals surface area contributed by atoms with E-state index in [1.54, 1.807) is 6.29 Å². The fourth-order valence-electron chi connectivity index (χ4n) is 6.89. The van der Waals surface area contributed by atoms with Crippen LogP contribution in [0.3, 0.4) is 0 Å². The van der Waals surface area contributed by atoms with Crippen molar-refractivity contribution >= 4 is 24.7 Å². The first-order valence-electron chi connectivity index (χ1n) is 27.0. The summed E-state index contributed by atoms with van der Waals surface area (Å²) in [6, 6.07) is 0. The summed E-state index contributed by atoms with van der Waals surface area (Å²) in [6.07, 6.45) is 42.9. The van der Waals surface area contributed by atoms with Crippen LogP contribution in [0, 0.1) is 43.5 Å². The maximum Gasteiger partial charge on any atom is 2.00 e. The first kappa shape index (κ1) is 72.1. The smallest absolute Gasteiger partial charge is 0.542 e. The Bertz CT molecular complexity index is 866. The van der Waals surface area contributed by atoms with Gasteiger partial charge in [0, 0.05) is 12.8 Å². The van der Waals surface area contributed by atoms with Crippen molar-refractivity contribution in [3.63, 3.8) is 0 Å². The van der Waals surface area contributed by atoms with Crippen molar-refractivity contribution in [1.82, 2.24) is 4.90 Å². The molecule has 0 aromatic rings. The fraction of sp³-hybridized carbons (Fsp3) is 0.909. The molecule has 0 aromatic heterocycles. The summed E-state index contributed by atoms with van der Waals surface area (Å²) in [6.45, 7) is 24.3. The molecule has 0 saturated carbocycles. The number of rotatable bonds is 40. The predicted octanol–water partition coefficient (Wildman–Crippen LogP) is 16.2. The van der Waals surface area contributed by atoms with Gasteiger partial charge in [0.2, 0.25) is 0 Å². The second kappa shape index (κ2) is 66.4. The molecule has 64 heavy (non-hydrogen) atoms. The van der Waals surface area contributed by atoms with Crippen LogP contribution in [0.25, 0.3) is 0 Å². The third kappa shape index (κ3) is 70.1. The third-order valence-electron chi connectivity index (χ3n) is 10.5. The molecule has 0 aliphatic carbocycles. The Labute approximate surface area is 423 Å². The molecule has 1 heterocycles. The number of hydrogen-bond donors (Lipinski definition) is 0. The van der Waals surface area contributed by atoms with E-state index >= 15 is 0 Å². The molecule has 1 rings (SSSR count). The summed E-state index contributed by atoms with van der Waals surface area (Å²) in [4.78, 5) is 45.7. The molecular weight excluding hydrogens is 1020 g/mol.